The summed E-state index contributed by atoms with van der Waals surface area (Å²) in [5.74, 6) is 1.58. The SMILES string of the molecule is CC(CN)C(=O)NCC1CC1C. The first-order valence-corrected chi connectivity index (χ1v) is 4.63. The van der Waals surface area contributed by atoms with Gasteiger partial charge in [-0.2, -0.15) is 0 Å². The molecule has 0 aromatic carbocycles. The average Bonchev–Trinajstić information content (AvgIpc) is 2.76. The molecule has 0 radical (unpaired) electrons. The van der Waals surface area contributed by atoms with Gasteiger partial charge in [0.25, 0.3) is 0 Å². The highest BCUT2D eigenvalue weighted by Crippen LogP contribution is 2.36. The highest BCUT2D eigenvalue weighted by molar-refractivity contribution is 5.78. The van der Waals surface area contributed by atoms with Crippen LogP contribution in [-0.4, -0.2) is 19.0 Å². The Morgan fingerprint density at radius 3 is 2.75 bits per heavy atom. The second-order valence-electron chi connectivity index (χ2n) is 3.85. The zero-order chi connectivity index (χ0) is 9.14. The van der Waals surface area contributed by atoms with Crippen LogP contribution in [0.5, 0.6) is 0 Å². The quantitative estimate of drug-likeness (QED) is 0.640. The standard InChI is InChI=1S/C9H18N2O/c1-6-3-8(6)5-11-9(12)7(2)4-10/h6-8H,3-5,10H2,1-2H3,(H,11,12). The van der Waals surface area contributed by atoms with Crippen molar-refractivity contribution < 1.29 is 4.79 Å². The predicted molar refractivity (Wildman–Crippen MR) is 48.5 cm³/mol. The van der Waals surface area contributed by atoms with Gasteiger partial charge in [0, 0.05) is 19.0 Å². The van der Waals surface area contributed by atoms with Crippen LogP contribution in [0.2, 0.25) is 0 Å². The third-order valence-electron chi connectivity index (χ3n) is 2.62. The van der Waals surface area contributed by atoms with Crippen LogP contribution in [0.4, 0.5) is 0 Å². The molecule has 3 N–H and O–H groups in total. The monoisotopic (exact) mass is 170 g/mol. The molecule has 70 valence electrons. The second-order valence-corrected chi connectivity index (χ2v) is 3.85. The van der Waals surface area contributed by atoms with Crippen molar-refractivity contribution in [1.82, 2.24) is 5.32 Å². The van der Waals surface area contributed by atoms with Crippen molar-refractivity contribution in [2.75, 3.05) is 13.1 Å². The maximum absolute atomic E-state index is 11.2. The molecule has 0 bridgehead atoms. The minimum Gasteiger partial charge on any atom is -0.356 e. The molecule has 0 aliphatic heterocycles. The lowest BCUT2D eigenvalue weighted by Crippen LogP contribution is -2.34. The number of hydrogen-bond acceptors (Lipinski definition) is 2. The Bertz CT molecular complexity index is 170. The molecular formula is C9H18N2O. The summed E-state index contributed by atoms with van der Waals surface area (Å²) in [5, 5.41) is 2.91. The van der Waals surface area contributed by atoms with Crippen molar-refractivity contribution in [2.45, 2.75) is 20.3 Å². The molecule has 0 spiro atoms. The topological polar surface area (TPSA) is 55.1 Å². The predicted octanol–water partition coefficient (Wildman–Crippen LogP) is 0.353. The molecule has 1 fully saturated rings. The van der Waals surface area contributed by atoms with Gasteiger partial charge in [0.2, 0.25) is 5.91 Å². The second kappa shape index (κ2) is 3.90. The largest absolute Gasteiger partial charge is 0.356 e. The summed E-state index contributed by atoms with van der Waals surface area (Å²) in [5.41, 5.74) is 5.36. The number of nitrogens with two attached hydrogens (primary N) is 1. The maximum atomic E-state index is 11.2. The Balaban J connectivity index is 2.10. The van der Waals surface area contributed by atoms with E-state index in [1.165, 1.54) is 6.42 Å². The van der Waals surface area contributed by atoms with E-state index >= 15 is 0 Å². The van der Waals surface area contributed by atoms with Crippen LogP contribution < -0.4 is 11.1 Å². The lowest BCUT2D eigenvalue weighted by Gasteiger charge is -2.08. The molecule has 3 atom stereocenters. The van der Waals surface area contributed by atoms with E-state index in [1.54, 1.807) is 0 Å². The first kappa shape index (κ1) is 9.52. The molecule has 3 nitrogen and oxygen atoms in total. The number of rotatable bonds is 4. The molecule has 0 heterocycles. The van der Waals surface area contributed by atoms with Crippen LogP contribution in [-0.2, 0) is 4.79 Å². The third-order valence-corrected chi connectivity index (χ3v) is 2.62. The van der Waals surface area contributed by atoms with E-state index in [0.717, 1.165) is 18.4 Å². The molecule has 1 aliphatic carbocycles. The molecule has 1 aliphatic rings. The van der Waals surface area contributed by atoms with Gasteiger partial charge in [-0.1, -0.05) is 13.8 Å². The van der Waals surface area contributed by atoms with Gasteiger partial charge >= 0.3 is 0 Å². The lowest BCUT2D eigenvalue weighted by atomic mass is 10.1. The molecule has 1 rings (SSSR count). The van der Waals surface area contributed by atoms with E-state index in [-0.39, 0.29) is 11.8 Å². The molecule has 3 heteroatoms. The summed E-state index contributed by atoms with van der Waals surface area (Å²) < 4.78 is 0. The van der Waals surface area contributed by atoms with E-state index < -0.39 is 0 Å². The number of hydrogen-bond donors (Lipinski definition) is 2. The van der Waals surface area contributed by atoms with Crippen molar-refractivity contribution in [2.24, 2.45) is 23.5 Å². The highest BCUT2D eigenvalue weighted by Gasteiger charge is 2.32. The van der Waals surface area contributed by atoms with Gasteiger partial charge in [-0.25, -0.2) is 0 Å². The molecule has 0 aromatic rings. The number of carbonyl (C=O) groups is 1. The van der Waals surface area contributed by atoms with Crippen LogP contribution in [0.15, 0.2) is 0 Å². The first-order chi connectivity index (χ1) is 5.65. The van der Waals surface area contributed by atoms with Crippen molar-refractivity contribution in [3.05, 3.63) is 0 Å². The zero-order valence-electron chi connectivity index (χ0n) is 7.84. The lowest BCUT2D eigenvalue weighted by molar-refractivity contribution is -0.124. The maximum Gasteiger partial charge on any atom is 0.224 e. The molecule has 12 heavy (non-hydrogen) atoms. The highest BCUT2D eigenvalue weighted by atomic mass is 16.1. The zero-order valence-corrected chi connectivity index (χ0v) is 7.84. The fourth-order valence-corrected chi connectivity index (χ4v) is 1.20. The summed E-state index contributed by atoms with van der Waals surface area (Å²) in [6.45, 7) is 5.34. The fraction of sp³-hybridized carbons (Fsp3) is 0.889. The van der Waals surface area contributed by atoms with Crippen molar-refractivity contribution in [3.63, 3.8) is 0 Å². The Morgan fingerprint density at radius 1 is 1.75 bits per heavy atom. The van der Waals surface area contributed by atoms with Crippen LogP contribution in [0, 0.1) is 17.8 Å². The number of nitrogens with one attached hydrogen (secondary N) is 1. The summed E-state index contributed by atoms with van der Waals surface area (Å²) in [6.07, 6.45) is 1.26. The van der Waals surface area contributed by atoms with Gasteiger partial charge < -0.3 is 11.1 Å². The van der Waals surface area contributed by atoms with Crippen LogP contribution in [0.3, 0.4) is 0 Å². The third kappa shape index (κ3) is 2.48. The van der Waals surface area contributed by atoms with E-state index in [0.29, 0.717) is 6.54 Å². The molecule has 3 unspecified atom stereocenters. The average molecular weight is 170 g/mol. The molecule has 1 amide bonds. The summed E-state index contributed by atoms with van der Waals surface area (Å²) in [6, 6.07) is 0. The Hall–Kier alpha value is -0.570. The molecular weight excluding hydrogens is 152 g/mol. The Kier molecular flexibility index (Phi) is 3.09. The number of amides is 1. The number of carbonyl (C=O) groups excluding carboxylic acids is 1. The minimum atomic E-state index is -0.0425. The fourth-order valence-electron chi connectivity index (χ4n) is 1.20. The summed E-state index contributed by atoms with van der Waals surface area (Å²) in [7, 11) is 0. The normalized spacial score (nSPS) is 29.6. The van der Waals surface area contributed by atoms with Gasteiger partial charge in [-0.15, -0.1) is 0 Å². The van der Waals surface area contributed by atoms with Gasteiger partial charge in [0.1, 0.15) is 0 Å². The van der Waals surface area contributed by atoms with Crippen molar-refractivity contribution >= 4 is 5.91 Å². The van der Waals surface area contributed by atoms with Crippen molar-refractivity contribution in [1.29, 1.82) is 0 Å². The van der Waals surface area contributed by atoms with Crippen LogP contribution >= 0.6 is 0 Å². The first-order valence-electron chi connectivity index (χ1n) is 4.63. The molecule has 0 aromatic heterocycles. The smallest absolute Gasteiger partial charge is 0.224 e. The van der Waals surface area contributed by atoms with E-state index in [9.17, 15) is 4.79 Å². The van der Waals surface area contributed by atoms with Gasteiger partial charge in [-0.05, 0) is 18.3 Å². The van der Waals surface area contributed by atoms with Gasteiger partial charge in [0.15, 0.2) is 0 Å². The van der Waals surface area contributed by atoms with E-state index in [1.807, 2.05) is 6.92 Å². The van der Waals surface area contributed by atoms with E-state index in [4.69, 9.17) is 5.73 Å². The van der Waals surface area contributed by atoms with Gasteiger partial charge in [-0.3, -0.25) is 4.79 Å². The Labute approximate surface area is 73.7 Å². The Morgan fingerprint density at radius 2 is 2.33 bits per heavy atom. The van der Waals surface area contributed by atoms with Crippen LogP contribution in [0.1, 0.15) is 20.3 Å². The molecule has 0 saturated heterocycles. The summed E-state index contributed by atoms with van der Waals surface area (Å²) in [4.78, 5) is 11.2. The minimum absolute atomic E-state index is 0.0425. The molecule has 1 saturated carbocycles. The summed E-state index contributed by atoms with van der Waals surface area (Å²) >= 11 is 0. The van der Waals surface area contributed by atoms with Crippen LogP contribution in [0.25, 0.3) is 0 Å². The van der Waals surface area contributed by atoms with E-state index in [2.05, 4.69) is 12.2 Å². The van der Waals surface area contributed by atoms with Gasteiger partial charge in [0.05, 0.1) is 0 Å². The van der Waals surface area contributed by atoms with Crippen molar-refractivity contribution in [3.8, 4) is 0 Å².